The Bertz CT molecular complexity index is 582. The van der Waals surface area contributed by atoms with E-state index in [1.807, 2.05) is 18.2 Å². The third kappa shape index (κ3) is 4.35. The maximum absolute atomic E-state index is 12.9. The molecule has 1 heterocycles. The topological polar surface area (TPSA) is 42.0 Å². The van der Waals surface area contributed by atoms with Crippen molar-refractivity contribution in [3.8, 4) is 0 Å². The second-order valence-corrected chi connectivity index (χ2v) is 3.93. The van der Waals surface area contributed by atoms with E-state index in [-0.39, 0.29) is 11.7 Å². The molecule has 3 nitrogen and oxygen atoms in total. The van der Waals surface area contributed by atoms with E-state index in [9.17, 15) is 9.18 Å². The summed E-state index contributed by atoms with van der Waals surface area (Å²) < 4.78 is 12.9. The maximum atomic E-state index is 12.9. The Balaban J connectivity index is 1.88. The maximum Gasteiger partial charge on any atom is 0.244 e. The molecule has 0 spiro atoms. The van der Waals surface area contributed by atoms with Gasteiger partial charge in [-0.15, -0.1) is 0 Å². The average Bonchev–Trinajstić information content (AvgIpc) is 2.44. The predicted octanol–water partition coefficient (Wildman–Crippen LogP) is 2.55. The minimum atomic E-state index is -0.323. The number of aromatic nitrogens is 1. The lowest BCUT2D eigenvalue weighted by atomic mass is 10.2. The minimum absolute atomic E-state index is 0.241. The quantitative estimate of drug-likeness (QED) is 0.854. The van der Waals surface area contributed by atoms with E-state index >= 15 is 0 Å². The molecule has 0 unspecified atom stereocenters. The normalized spacial score (nSPS) is 10.6. The number of halogens is 1. The van der Waals surface area contributed by atoms with Crippen molar-refractivity contribution in [2.75, 3.05) is 0 Å². The SMILES string of the molecule is O=C(/C=C/c1cccc(F)c1)NCc1ccccn1. The second kappa shape index (κ2) is 6.44. The van der Waals surface area contributed by atoms with E-state index in [1.54, 1.807) is 24.4 Å². The minimum Gasteiger partial charge on any atom is -0.347 e. The summed E-state index contributed by atoms with van der Waals surface area (Å²) in [6.07, 6.45) is 4.61. The summed E-state index contributed by atoms with van der Waals surface area (Å²) >= 11 is 0. The van der Waals surface area contributed by atoms with Gasteiger partial charge in [-0.05, 0) is 35.9 Å². The number of carbonyl (C=O) groups excluding carboxylic acids is 1. The summed E-state index contributed by atoms with van der Waals surface area (Å²) in [6, 6.07) is 11.6. The zero-order chi connectivity index (χ0) is 13.5. The van der Waals surface area contributed by atoms with Crippen LogP contribution in [0.4, 0.5) is 4.39 Å². The highest BCUT2D eigenvalue weighted by Crippen LogP contribution is 2.05. The van der Waals surface area contributed by atoms with Gasteiger partial charge < -0.3 is 5.32 Å². The Kier molecular flexibility index (Phi) is 4.39. The molecule has 0 aliphatic rings. The molecule has 0 fully saturated rings. The van der Waals surface area contributed by atoms with Crippen molar-refractivity contribution in [1.82, 2.24) is 10.3 Å². The average molecular weight is 256 g/mol. The van der Waals surface area contributed by atoms with Gasteiger partial charge in [-0.3, -0.25) is 9.78 Å². The summed E-state index contributed by atoms with van der Waals surface area (Å²) in [5, 5.41) is 2.70. The van der Waals surface area contributed by atoms with Gasteiger partial charge in [-0.2, -0.15) is 0 Å². The van der Waals surface area contributed by atoms with Crippen molar-refractivity contribution in [1.29, 1.82) is 0 Å². The number of benzene rings is 1. The zero-order valence-corrected chi connectivity index (χ0v) is 10.2. The fourth-order valence-corrected chi connectivity index (χ4v) is 1.52. The van der Waals surface area contributed by atoms with Gasteiger partial charge in [0.25, 0.3) is 0 Å². The Morgan fingerprint density at radius 1 is 1.26 bits per heavy atom. The van der Waals surface area contributed by atoms with Gasteiger partial charge in [0.1, 0.15) is 5.82 Å². The molecule has 1 N–H and O–H groups in total. The predicted molar refractivity (Wildman–Crippen MR) is 71.5 cm³/mol. The highest BCUT2D eigenvalue weighted by atomic mass is 19.1. The molecule has 1 aromatic carbocycles. The van der Waals surface area contributed by atoms with Crippen LogP contribution < -0.4 is 5.32 Å². The Hall–Kier alpha value is -2.49. The molecule has 0 aliphatic heterocycles. The van der Waals surface area contributed by atoms with Crippen molar-refractivity contribution < 1.29 is 9.18 Å². The number of pyridine rings is 1. The Labute approximate surface area is 110 Å². The van der Waals surface area contributed by atoms with Gasteiger partial charge in [0.05, 0.1) is 12.2 Å². The van der Waals surface area contributed by atoms with Crippen LogP contribution in [0.5, 0.6) is 0 Å². The number of nitrogens with zero attached hydrogens (tertiary/aromatic N) is 1. The number of carbonyl (C=O) groups is 1. The third-order valence-electron chi connectivity index (χ3n) is 2.45. The summed E-state index contributed by atoms with van der Waals surface area (Å²) in [5.74, 6) is -0.564. The van der Waals surface area contributed by atoms with Gasteiger partial charge >= 0.3 is 0 Å². The summed E-state index contributed by atoms with van der Waals surface area (Å²) in [6.45, 7) is 0.368. The molecular formula is C15H13FN2O. The van der Waals surface area contributed by atoms with Crippen LogP contribution in [0.15, 0.2) is 54.7 Å². The van der Waals surface area contributed by atoms with Crippen LogP contribution in [-0.4, -0.2) is 10.9 Å². The highest BCUT2D eigenvalue weighted by Gasteiger charge is 1.97. The van der Waals surface area contributed by atoms with E-state index in [1.165, 1.54) is 18.2 Å². The van der Waals surface area contributed by atoms with Crippen molar-refractivity contribution in [3.63, 3.8) is 0 Å². The summed E-state index contributed by atoms with van der Waals surface area (Å²) in [5.41, 5.74) is 1.43. The van der Waals surface area contributed by atoms with Crippen molar-refractivity contribution in [2.24, 2.45) is 0 Å². The molecule has 1 amide bonds. The van der Waals surface area contributed by atoms with E-state index in [4.69, 9.17) is 0 Å². The van der Waals surface area contributed by atoms with Crippen LogP contribution >= 0.6 is 0 Å². The smallest absolute Gasteiger partial charge is 0.244 e. The lowest BCUT2D eigenvalue weighted by Crippen LogP contribution is -2.20. The molecule has 96 valence electrons. The molecule has 1 aromatic heterocycles. The number of hydrogen-bond donors (Lipinski definition) is 1. The summed E-state index contributed by atoms with van der Waals surface area (Å²) in [7, 11) is 0. The zero-order valence-electron chi connectivity index (χ0n) is 10.2. The molecule has 2 aromatic rings. The fourth-order valence-electron chi connectivity index (χ4n) is 1.52. The monoisotopic (exact) mass is 256 g/mol. The Morgan fingerprint density at radius 2 is 2.16 bits per heavy atom. The lowest BCUT2D eigenvalue weighted by Gasteiger charge is -2.00. The van der Waals surface area contributed by atoms with Crippen molar-refractivity contribution in [3.05, 3.63) is 71.8 Å². The molecule has 0 saturated carbocycles. The first-order chi connectivity index (χ1) is 9.24. The van der Waals surface area contributed by atoms with E-state index in [0.717, 1.165) is 5.69 Å². The first-order valence-electron chi connectivity index (χ1n) is 5.85. The number of nitrogens with one attached hydrogen (secondary N) is 1. The van der Waals surface area contributed by atoms with Gasteiger partial charge in [0.2, 0.25) is 5.91 Å². The van der Waals surface area contributed by atoms with Gasteiger partial charge in [0, 0.05) is 12.3 Å². The Morgan fingerprint density at radius 3 is 2.89 bits per heavy atom. The summed E-state index contributed by atoms with van der Waals surface area (Å²) in [4.78, 5) is 15.6. The second-order valence-electron chi connectivity index (χ2n) is 3.93. The molecule has 19 heavy (non-hydrogen) atoms. The first kappa shape index (κ1) is 13.0. The van der Waals surface area contributed by atoms with Crippen LogP contribution in [0.3, 0.4) is 0 Å². The largest absolute Gasteiger partial charge is 0.347 e. The van der Waals surface area contributed by atoms with Crippen LogP contribution in [-0.2, 0) is 11.3 Å². The molecule has 0 aliphatic carbocycles. The molecule has 0 saturated heterocycles. The van der Waals surface area contributed by atoms with Gasteiger partial charge in [-0.1, -0.05) is 18.2 Å². The third-order valence-corrected chi connectivity index (χ3v) is 2.45. The molecule has 0 radical (unpaired) electrons. The fraction of sp³-hybridized carbons (Fsp3) is 0.0667. The van der Waals surface area contributed by atoms with E-state index in [0.29, 0.717) is 12.1 Å². The van der Waals surface area contributed by atoms with Gasteiger partial charge in [0.15, 0.2) is 0 Å². The van der Waals surface area contributed by atoms with E-state index < -0.39 is 0 Å². The van der Waals surface area contributed by atoms with Crippen LogP contribution in [0.1, 0.15) is 11.3 Å². The number of hydrogen-bond acceptors (Lipinski definition) is 2. The van der Waals surface area contributed by atoms with Crippen molar-refractivity contribution >= 4 is 12.0 Å². The molecule has 2 rings (SSSR count). The van der Waals surface area contributed by atoms with Gasteiger partial charge in [-0.25, -0.2) is 4.39 Å². The number of amides is 1. The number of rotatable bonds is 4. The molecule has 0 atom stereocenters. The lowest BCUT2D eigenvalue weighted by molar-refractivity contribution is -0.116. The first-order valence-corrected chi connectivity index (χ1v) is 5.85. The molecule has 0 bridgehead atoms. The molecule has 4 heteroatoms. The van der Waals surface area contributed by atoms with E-state index in [2.05, 4.69) is 10.3 Å². The van der Waals surface area contributed by atoms with Crippen LogP contribution in [0.2, 0.25) is 0 Å². The van der Waals surface area contributed by atoms with Crippen molar-refractivity contribution in [2.45, 2.75) is 6.54 Å². The molecular weight excluding hydrogens is 243 g/mol. The highest BCUT2D eigenvalue weighted by molar-refractivity contribution is 5.91. The van der Waals surface area contributed by atoms with Crippen LogP contribution in [0, 0.1) is 5.82 Å². The standard InChI is InChI=1S/C15H13FN2O/c16-13-5-3-4-12(10-13)7-8-15(19)18-11-14-6-1-2-9-17-14/h1-10H,11H2,(H,18,19)/b8-7+. The van der Waals surface area contributed by atoms with Crippen LogP contribution in [0.25, 0.3) is 6.08 Å².